The molecule has 5 rings (SSSR count). The number of nitrogens with zero attached hydrogens (tertiary/aromatic N) is 5. The Morgan fingerprint density at radius 2 is 1.72 bits per heavy atom. The van der Waals surface area contributed by atoms with Crippen LogP contribution in [-0.2, 0) is 0 Å². The standard InChI is InChI=1S/C29H34ClF4N5/c1-20-17-35-39(27(20)28(31)32)24-4-3-11-38(18-24)26-16-22(30)7-10-25(26)21-5-8-23(9-6-21)37-14-12-36(13-15-37)19-29(2,33)34/h5-10,16-17,24,28H,3-4,11-15,18-19H2,1-2H3. The van der Waals surface area contributed by atoms with E-state index in [1.54, 1.807) is 6.92 Å². The largest absolute Gasteiger partial charge is 0.369 e. The van der Waals surface area contributed by atoms with Crippen LogP contribution in [0.4, 0.5) is 28.9 Å². The van der Waals surface area contributed by atoms with E-state index in [4.69, 9.17) is 11.6 Å². The van der Waals surface area contributed by atoms with Gasteiger partial charge >= 0.3 is 0 Å². The van der Waals surface area contributed by atoms with Crippen LogP contribution >= 0.6 is 11.6 Å². The number of anilines is 2. The van der Waals surface area contributed by atoms with Crippen LogP contribution in [0.1, 0.15) is 43.5 Å². The van der Waals surface area contributed by atoms with Crippen LogP contribution in [0.3, 0.4) is 0 Å². The van der Waals surface area contributed by atoms with Gasteiger partial charge in [0.05, 0.1) is 18.8 Å². The van der Waals surface area contributed by atoms with Gasteiger partial charge in [0.15, 0.2) is 0 Å². The van der Waals surface area contributed by atoms with Gasteiger partial charge < -0.3 is 9.80 Å². The number of hydrogen-bond donors (Lipinski definition) is 0. The first-order chi connectivity index (χ1) is 18.6. The van der Waals surface area contributed by atoms with E-state index in [9.17, 15) is 17.6 Å². The normalized spacial score (nSPS) is 19.2. The highest BCUT2D eigenvalue weighted by Crippen LogP contribution is 2.38. The minimum absolute atomic E-state index is 0.00649. The SMILES string of the molecule is Cc1cnn(C2CCCN(c3cc(Cl)ccc3-c3ccc(N4CCN(CC(C)(F)F)CC4)cc3)C2)c1C(F)F. The van der Waals surface area contributed by atoms with E-state index in [1.165, 1.54) is 10.9 Å². The fourth-order valence-corrected chi connectivity index (χ4v) is 5.98. The molecule has 0 bridgehead atoms. The molecule has 3 aromatic rings. The first-order valence-corrected chi connectivity index (χ1v) is 13.8. The molecule has 5 nitrogen and oxygen atoms in total. The van der Waals surface area contributed by atoms with Gasteiger partial charge in [-0.2, -0.15) is 5.10 Å². The summed E-state index contributed by atoms with van der Waals surface area (Å²) in [5, 5.41) is 4.92. The second-order valence-corrected chi connectivity index (χ2v) is 11.2. The summed E-state index contributed by atoms with van der Waals surface area (Å²) in [5.41, 5.74) is 4.58. The molecular weight excluding hydrogens is 530 g/mol. The summed E-state index contributed by atoms with van der Waals surface area (Å²) in [6.07, 6.45) is 0.586. The maximum absolute atomic E-state index is 13.8. The predicted molar refractivity (Wildman–Crippen MR) is 149 cm³/mol. The molecule has 1 aromatic heterocycles. The first kappa shape index (κ1) is 27.8. The van der Waals surface area contributed by atoms with Crippen molar-refractivity contribution in [2.24, 2.45) is 0 Å². The molecule has 1 unspecified atom stereocenters. The van der Waals surface area contributed by atoms with Gasteiger partial charge in [-0.1, -0.05) is 29.8 Å². The second-order valence-electron chi connectivity index (χ2n) is 10.7. The number of alkyl halides is 4. The Hall–Kier alpha value is -2.78. The lowest BCUT2D eigenvalue weighted by Crippen LogP contribution is -2.49. The predicted octanol–water partition coefficient (Wildman–Crippen LogP) is 7.07. The number of hydrogen-bond acceptors (Lipinski definition) is 4. The molecule has 2 aliphatic heterocycles. The van der Waals surface area contributed by atoms with E-state index in [-0.39, 0.29) is 18.3 Å². The molecule has 0 N–H and O–H groups in total. The van der Waals surface area contributed by atoms with Crippen molar-refractivity contribution in [3.8, 4) is 11.1 Å². The van der Waals surface area contributed by atoms with Gasteiger partial charge in [-0.3, -0.25) is 9.58 Å². The summed E-state index contributed by atoms with van der Waals surface area (Å²) in [6.45, 7) is 6.40. The number of aryl methyl sites for hydroxylation is 1. The molecule has 1 atom stereocenters. The van der Waals surface area contributed by atoms with Crippen molar-refractivity contribution >= 4 is 23.0 Å². The Morgan fingerprint density at radius 1 is 1.00 bits per heavy atom. The lowest BCUT2D eigenvalue weighted by Gasteiger charge is -2.37. The minimum Gasteiger partial charge on any atom is -0.369 e. The van der Waals surface area contributed by atoms with Crippen LogP contribution in [0, 0.1) is 6.92 Å². The summed E-state index contributed by atoms with van der Waals surface area (Å²) < 4.78 is 55.8. The van der Waals surface area contributed by atoms with Crippen LogP contribution in [0.25, 0.3) is 11.1 Å². The third-order valence-corrected chi connectivity index (χ3v) is 7.93. The molecule has 0 saturated carbocycles. The van der Waals surface area contributed by atoms with Crippen molar-refractivity contribution < 1.29 is 17.6 Å². The lowest BCUT2D eigenvalue weighted by atomic mass is 9.99. The van der Waals surface area contributed by atoms with E-state index in [0.29, 0.717) is 43.3 Å². The quantitative estimate of drug-likeness (QED) is 0.287. The van der Waals surface area contributed by atoms with Crippen molar-refractivity contribution in [1.29, 1.82) is 0 Å². The highest BCUT2D eigenvalue weighted by atomic mass is 35.5. The summed E-state index contributed by atoms with van der Waals surface area (Å²) in [4.78, 5) is 6.25. The van der Waals surface area contributed by atoms with Gasteiger partial charge in [-0.15, -0.1) is 0 Å². The first-order valence-electron chi connectivity index (χ1n) is 13.4. The third-order valence-electron chi connectivity index (χ3n) is 7.69. The summed E-state index contributed by atoms with van der Waals surface area (Å²) in [7, 11) is 0. The monoisotopic (exact) mass is 563 g/mol. The highest BCUT2D eigenvalue weighted by molar-refractivity contribution is 6.31. The van der Waals surface area contributed by atoms with Gasteiger partial charge in [0.2, 0.25) is 0 Å². The third kappa shape index (κ3) is 6.35. The molecule has 210 valence electrons. The van der Waals surface area contributed by atoms with E-state index < -0.39 is 12.3 Å². The molecule has 2 aliphatic rings. The number of piperazine rings is 1. The van der Waals surface area contributed by atoms with Gasteiger partial charge in [-0.05, 0) is 55.2 Å². The molecule has 2 aromatic carbocycles. The van der Waals surface area contributed by atoms with Crippen LogP contribution in [0.5, 0.6) is 0 Å². The van der Waals surface area contributed by atoms with E-state index in [2.05, 4.69) is 39.2 Å². The molecule has 0 radical (unpaired) electrons. The smallest absolute Gasteiger partial charge is 0.280 e. The maximum atomic E-state index is 13.8. The van der Waals surface area contributed by atoms with Gasteiger partial charge in [0, 0.05) is 68.2 Å². The highest BCUT2D eigenvalue weighted by Gasteiger charge is 2.29. The molecule has 39 heavy (non-hydrogen) atoms. The number of benzene rings is 2. The molecule has 2 saturated heterocycles. The Balaban J connectivity index is 1.33. The summed E-state index contributed by atoms with van der Waals surface area (Å²) >= 11 is 6.42. The molecule has 3 heterocycles. The van der Waals surface area contributed by atoms with Gasteiger partial charge in [-0.25, -0.2) is 17.6 Å². The van der Waals surface area contributed by atoms with Gasteiger partial charge in [0.1, 0.15) is 5.69 Å². The molecule has 2 fully saturated rings. The van der Waals surface area contributed by atoms with Crippen LogP contribution in [0.2, 0.25) is 5.02 Å². The van der Waals surface area contributed by atoms with Crippen molar-refractivity contribution in [3.05, 3.63) is 64.9 Å². The number of piperidine rings is 1. The van der Waals surface area contributed by atoms with Crippen LogP contribution in [-0.4, -0.2) is 66.4 Å². The molecular formula is C29H34ClF4N5. The Morgan fingerprint density at radius 3 is 2.38 bits per heavy atom. The van der Waals surface area contributed by atoms with Crippen molar-refractivity contribution in [1.82, 2.24) is 14.7 Å². The van der Waals surface area contributed by atoms with E-state index >= 15 is 0 Å². The number of halogens is 5. The molecule has 0 spiro atoms. The fraction of sp³-hybridized carbons (Fsp3) is 0.483. The minimum atomic E-state index is -2.68. The van der Waals surface area contributed by atoms with Crippen molar-refractivity contribution in [2.75, 3.05) is 55.6 Å². The Labute approximate surface area is 231 Å². The van der Waals surface area contributed by atoms with Gasteiger partial charge in [0.25, 0.3) is 12.3 Å². The average Bonchev–Trinajstić information content (AvgIpc) is 3.30. The summed E-state index contributed by atoms with van der Waals surface area (Å²) in [6, 6.07) is 13.9. The van der Waals surface area contributed by atoms with Crippen molar-refractivity contribution in [3.63, 3.8) is 0 Å². The molecule has 10 heteroatoms. The van der Waals surface area contributed by atoms with E-state index in [1.807, 2.05) is 23.1 Å². The molecule has 0 aliphatic carbocycles. The van der Waals surface area contributed by atoms with Crippen molar-refractivity contribution in [2.45, 2.75) is 45.1 Å². The number of aromatic nitrogens is 2. The molecule has 0 amide bonds. The fourth-order valence-electron chi connectivity index (χ4n) is 5.81. The summed E-state index contributed by atoms with van der Waals surface area (Å²) in [5.74, 6) is -2.68. The maximum Gasteiger partial charge on any atom is 0.280 e. The zero-order valence-electron chi connectivity index (χ0n) is 22.3. The average molecular weight is 564 g/mol. The lowest BCUT2D eigenvalue weighted by molar-refractivity contribution is -0.0155. The van der Waals surface area contributed by atoms with Crippen LogP contribution < -0.4 is 9.80 Å². The Bertz CT molecular complexity index is 1270. The van der Waals surface area contributed by atoms with Crippen LogP contribution in [0.15, 0.2) is 48.7 Å². The zero-order valence-corrected chi connectivity index (χ0v) is 23.0. The Kier molecular flexibility index (Phi) is 8.10. The second kappa shape index (κ2) is 11.4. The van der Waals surface area contributed by atoms with E-state index in [0.717, 1.165) is 48.8 Å². The number of rotatable bonds is 7. The zero-order chi connectivity index (χ0) is 27.7. The topological polar surface area (TPSA) is 27.5 Å².